The molecule has 1 fully saturated rings. The van der Waals surface area contributed by atoms with Crippen LogP contribution in [0.2, 0.25) is 19.6 Å². The third-order valence-electron chi connectivity index (χ3n) is 3.69. The van der Waals surface area contributed by atoms with E-state index in [1.165, 1.54) is 44.5 Å². The number of hydrogen-bond acceptors (Lipinski definition) is 2. The monoisotopic (exact) mass is 224 g/mol. The van der Waals surface area contributed by atoms with Gasteiger partial charge in [0.15, 0.2) is 0 Å². The molecule has 86 valence electrons. The molecule has 2 heterocycles. The molecule has 1 unspecified atom stereocenters. The average molecular weight is 224 g/mol. The largest absolute Gasteiger partial charge is 0.360 e. The third kappa shape index (κ3) is 2.44. The highest BCUT2D eigenvalue weighted by Crippen LogP contribution is 2.27. The summed E-state index contributed by atoms with van der Waals surface area (Å²) in [5.41, 5.74) is 0.846. The van der Waals surface area contributed by atoms with Crippen molar-refractivity contribution in [3.05, 3.63) is 0 Å². The summed E-state index contributed by atoms with van der Waals surface area (Å²) in [6.07, 6.45) is 6.68. The molecule has 1 atom stereocenters. The van der Waals surface area contributed by atoms with Gasteiger partial charge in [-0.2, -0.15) is 0 Å². The Balaban J connectivity index is 2.22. The van der Waals surface area contributed by atoms with Crippen molar-refractivity contribution in [3.63, 3.8) is 0 Å². The zero-order valence-electron chi connectivity index (χ0n) is 10.4. The summed E-state index contributed by atoms with van der Waals surface area (Å²) in [4.78, 5) is 7.41. The van der Waals surface area contributed by atoms with Gasteiger partial charge in [0.2, 0.25) is 0 Å². The molecule has 0 aromatic carbocycles. The smallest absolute Gasteiger partial charge is 0.0988 e. The van der Waals surface area contributed by atoms with E-state index in [9.17, 15) is 0 Å². The Morgan fingerprint density at radius 2 is 2.00 bits per heavy atom. The van der Waals surface area contributed by atoms with E-state index >= 15 is 0 Å². The first-order valence-electron chi connectivity index (χ1n) is 6.39. The van der Waals surface area contributed by atoms with Crippen LogP contribution in [-0.4, -0.2) is 37.6 Å². The quantitative estimate of drug-likeness (QED) is 0.625. The fourth-order valence-electron chi connectivity index (χ4n) is 2.90. The minimum Gasteiger partial charge on any atom is -0.360 e. The summed E-state index contributed by atoms with van der Waals surface area (Å²) in [5.74, 6) is 1.44. The Bertz CT molecular complexity index is 255. The van der Waals surface area contributed by atoms with Crippen LogP contribution in [0.25, 0.3) is 0 Å². The van der Waals surface area contributed by atoms with Crippen LogP contribution < -0.4 is 0 Å². The molecular weight excluding hydrogens is 200 g/mol. The molecular formula is C12H24N2Si. The number of amidine groups is 1. The first kappa shape index (κ1) is 11.2. The summed E-state index contributed by atoms with van der Waals surface area (Å²) in [5, 5.41) is 0. The third-order valence-corrected chi connectivity index (χ3v) is 6.29. The number of aliphatic imine (C=N–C) groups is 1. The lowest BCUT2D eigenvalue weighted by molar-refractivity contribution is 0.347. The SMILES string of the molecule is C[Si](C)(C)C1CCCCC2=NCCCN21. The molecule has 2 rings (SSSR count). The van der Waals surface area contributed by atoms with Crippen molar-refractivity contribution >= 4 is 13.9 Å². The number of fused-ring (bicyclic) bond motifs is 1. The van der Waals surface area contributed by atoms with Crippen molar-refractivity contribution in [1.82, 2.24) is 4.90 Å². The van der Waals surface area contributed by atoms with Gasteiger partial charge in [0.25, 0.3) is 0 Å². The van der Waals surface area contributed by atoms with E-state index in [-0.39, 0.29) is 0 Å². The second-order valence-corrected chi connectivity index (χ2v) is 11.4. The summed E-state index contributed by atoms with van der Waals surface area (Å²) in [6.45, 7) is 9.87. The van der Waals surface area contributed by atoms with E-state index in [0.717, 1.165) is 12.2 Å². The zero-order chi connectivity index (χ0) is 10.9. The van der Waals surface area contributed by atoms with Crippen LogP contribution in [0.5, 0.6) is 0 Å². The van der Waals surface area contributed by atoms with Gasteiger partial charge in [-0.1, -0.05) is 26.1 Å². The van der Waals surface area contributed by atoms with E-state index in [2.05, 4.69) is 24.5 Å². The lowest BCUT2D eigenvalue weighted by atomic mass is 10.2. The van der Waals surface area contributed by atoms with Crippen LogP contribution in [0.4, 0.5) is 0 Å². The highest BCUT2D eigenvalue weighted by Gasteiger charge is 2.35. The predicted octanol–water partition coefficient (Wildman–Crippen LogP) is 2.91. The molecule has 0 aliphatic carbocycles. The van der Waals surface area contributed by atoms with Gasteiger partial charge in [-0.3, -0.25) is 4.99 Å². The van der Waals surface area contributed by atoms with Crippen LogP contribution >= 0.6 is 0 Å². The van der Waals surface area contributed by atoms with Gasteiger partial charge in [-0.15, -0.1) is 0 Å². The Labute approximate surface area is 94.8 Å². The maximum absolute atomic E-state index is 4.74. The molecule has 15 heavy (non-hydrogen) atoms. The van der Waals surface area contributed by atoms with E-state index < -0.39 is 8.07 Å². The second kappa shape index (κ2) is 4.28. The fourth-order valence-corrected chi connectivity index (χ4v) is 5.19. The van der Waals surface area contributed by atoms with Gasteiger partial charge in [-0.05, 0) is 19.3 Å². The highest BCUT2D eigenvalue weighted by atomic mass is 28.3. The molecule has 0 amide bonds. The molecule has 3 heteroatoms. The standard InChI is InChI=1S/C12H24N2Si/c1-15(2,3)12-8-5-4-7-11-13-9-6-10-14(11)12/h12H,4-10H2,1-3H3. The Morgan fingerprint density at radius 1 is 1.20 bits per heavy atom. The normalized spacial score (nSPS) is 28.1. The van der Waals surface area contributed by atoms with Crippen molar-refractivity contribution < 1.29 is 0 Å². The van der Waals surface area contributed by atoms with Gasteiger partial charge in [0, 0.05) is 25.2 Å². The molecule has 2 aliphatic heterocycles. The molecule has 2 nitrogen and oxygen atoms in total. The van der Waals surface area contributed by atoms with Crippen LogP contribution in [0.15, 0.2) is 4.99 Å². The average Bonchev–Trinajstić information content (AvgIpc) is 2.38. The van der Waals surface area contributed by atoms with Crippen molar-refractivity contribution in [2.24, 2.45) is 4.99 Å². The summed E-state index contributed by atoms with van der Waals surface area (Å²) >= 11 is 0. The highest BCUT2D eigenvalue weighted by molar-refractivity contribution is 6.77. The van der Waals surface area contributed by atoms with E-state index in [4.69, 9.17) is 4.99 Å². The van der Waals surface area contributed by atoms with Gasteiger partial charge < -0.3 is 4.90 Å². The molecule has 0 saturated carbocycles. The van der Waals surface area contributed by atoms with Crippen molar-refractivity contribution in [2.75, 3.05) is 13.1 Å². The molecule has 0 N–H and O–H groups in total. The molecule has 0 aromatic heterocycles. The predicted molar refractivity (Wildman–Crippen MR) is 69.2 cm³/mol. The van der Waals surface area contributed by atoms with Gasteiger partial charge in [-0.25, -0.2) is 0 Å². The van der Waals surface area contributed by atoms with E-state index in [1.807, 2.05) is 0 Å². The van der Waals surface area contributed by atoms with E-state index in [0.29, 0.717) is 0 Å². The molecule has 0 bridgehead atoms. The van der Waals surface area contributed by atoms with Crippen LogP contribution in [-0.2, 0) is 0 Å². The number of hydrogen-bond donors (Lipinski definition) is 0. The first-order chi connectivity index (χ1) is 7.09. The molecule has 0 aromatic rings. The summed E-state index contributed by atoms with van der Waals surface area (Å²) in [7, 11) is -1.05. The minimum absolute atomic E-state index is 0.846. The van der Waals surface area contributed by atoms with Gasteiger partial charge in [0.1, 0.15) is 0 Å². The topological polar surface area (TPSA) is 15.6 Å². The summed E-state index contributed by atoms with van der Waals surface area (Å²) in [6, 6.07) is 0. The minimum atomic E-state index is -1.05. The molecule has 0 radical (unpaired) electrons. The van der Waals surface area contributed by atoms with Gasteiger partial charge >= 0.3 is 0 Å². The Hall–Kier alpha value is -0.313. The summed E-state index contributed by atoms with van der Waals surface area (Å²) < 4.78 is 0. The zero-order valence-corrected chi connectivity index (χ0v) is 11.4. The number of nitrogens with zero attached hydrogens (tertiary/aromatic N) is 2. The first-order valence-corrected chi connectivity index (χ1v) is 9.97. The van der Waals surface area contributed by atoms with Crippen molar-refractivity contribution in [2.45, 2.75) is 57.4 Å². The van der Waals surface area contributed by atoms with Crippen molar-refractivity contribution in [3.8, 4) is 0 Å². The fraction of sp³-hybridized carbons (Fsp3) is 0.917. The number of rotatable bonds is 1. The van der Waals surface area contributed by atoms with Crippen LogP contribution in [0.1, 0.15) is 32.1 Å². The van der Waals surface area contributed by atoms with Crippen molar-refractivity contribution in [1.29, 1.82) is 0 Å². The Morgan fingerprint density at radius 3 is 2.73 bits per heavy atom. The maximum atomic E-state index is 4.74. The lowest BCUT2D eigenvalue weighted by Crippen LogP contribution is -2.54. The van der Waals surface area contributed by atoms with Gasteiger partial charge in [0.05, 0.1) is 13.9 Å². The second-order valence-electron chi connectivity index (χ2n) is 5.97. The molecule has 0 spiro atoms. The molecule has 2 aliphatic rings. The Kier molecular flexibility index (Phi) is 3.19. The lowest BCUT2D eigenvalue weighted by Gasteiger charge is -2.41. The maximum Gasteiger partial charge on any atom is 0.0988 e. The van der Waals surface area contributed by atoms with Crippen LogP contribution in [0.3, 0.4) is 0 Å². The van der Waals surface area contributed by atoms with Crippen LogP contribution in [0, 0.1) is 0 Å². The van der Waals surface area contributed by atoms with E-state index in [1.54, 1.807) is 0 Å². The molecule has 1 saturated heterocycles.